The smallest absolute Gasteiger partial charge is 0.328 e. The zero-order valence-electron chi connectivity index (χ0n) is 21.8. The number of nitrogens with zero attached hydrogens (tertiary/aromatic N) is 3. The minimum absolute atomic E-state index is 0.0962. The van der Waals surface area contributed by atoms with Crippen LogP contribution in [0.5, 0.6) is 0 Å². The van der Waals surface area contributed by atoms with Crippen molar-refractivity contribution in [3.05, 3.63) is 111 Å². The third-order valence-corrected chi connectivity index (χ3v) is 12.6. The molecule has 0 fully saturated rings. The Bertz CT molecular complexity index is 1450. The van der Waals surface area contributed by atoms with Gasteiger partial charge >= 0.3 is 5.69 Å². The summed E-state index contributed by atoms with van der Waals surface area (Å²) >= 11 is 0. The molecule has 5 rings (SSSR count). The van der Waals surface area contributed by atoms with Gasteiger partial charge in [-0.15, -0.1) is 0 Å². The van der Waals surface area contributed by atoms with E-state index in [0.717, 1.165) is 12.1 Å². The minimum atomic E-state index is -2.66. The SMILES string of the molecule is Cn1ncc2c1[C@H](Cn1ccc(=O)[nH]c1=O)C[C@@H]2CO[Si](c1ccccc1)(c1ccccc1)C(C)(C)C. The first kappa shape index (κ1) is 25.2. The van der Waals surface area contributed by atoms with Gasteiger partial charge in [0.2, 0.25) is 0 Å². The number of H-pyrrole nitrogens is 1. The van der Waals surface area contributed by atoms with Crippen molar-refractivity contribution in [3.63, 3.8) is 0 Å². The van der Waals surface area contributed by atoms with Crippen LogP contribution in [0.25, 0.3) is 0 Å². The maximum atomic E-state index is 12.4. The third kappa shape index (κ3) is 4.55. The number of aromatic nitrogens is 4. The highest BCUT2D eigenvalue weighted by atomic mass is 28.4. The lowest BCUT2D eigenvalue weighted by molar-refractivity contribution is 0.264. The molecule has 2 aromatic carbocycles. The van der Waals surface area contributed by atoms with Crippen molar-refractivity contribution in [1.29, 1.82) is 0 Å². The maximum Gasteiger partial charge on any atom is 0.328 e. The van der Waals surface area contributed by atoms with Crippen molar-refractivity contribution in [1.82, 2.24) is 19.3 Å². The fourth-order valence-electron chi connectivity index (χ4n) is 5.99. The van der Waals surface area contributed by atoms with E-state index >= 15 is 0 Å². The van der Waals surface area contributed by atoms with Gasteiger partial charge in [0.1, 0.15) is 0 Å². The Morgan fingerprint density at radius 2 is 1.59 bits per heavy atom. The molecule has 192 valence electrons. The van der Waals surface area contributed by atoms with Gasteiger partial charge in [0.15, 0.2) is 0 Å². The lowest BCUT2D eigenvalue weighted by Crippen LogP contribution is -2.66. The van der Waals surface area contributed by atoms with E-state index in [-0.39, 0.29) is 28.1 Å². The first-order valence-corrected chi connectivity index (χ1v) is 14.7. The number of rotatable bonds is 7. The second-order valence-corrected chi connectivity index (χ2v) is 15.3. The van der Waals surface area contributed by atoms with Crippen molar-refractivity contribution < 1.29 is 4.43 Å². The van der Waals surface area contributed by atoms with Crippen LogP contribution in [-0.2, 0) is 18.0 Å². The normalized spacial score (nSPS) is 17.6. The molecular weight excluding hydrogens is 480 g/mol. The van der Waals surface area contributed by atoms with E-state index in [1.165, 1.54) is 22.0 Å². The summed E-state index contributed by atoms with van der Waals surface area (Å²) in [5.41, 5.74) is 1.55. The zero-order valence-corrected chi connectivity index (χ0v) is 22.8. The molecule has 0 saturated heterocycles. The van der Waals surface area contributed by atoms with Crippen molar-refractivity contribution >= 4 is 18.7 Å². The first-order valence-electron chi connectivity index (χ1n) is 12.8. The summed E-state index contributed by atoms with van der Waals surface area (Å²) < 4.78 is 10.7. The molecule has 0 bridgehead atoms. The number of nitrogens with one attached hydrogen (secondary N) is 1. The third-order valence-electron chi connectivity index (χ3n) is 7.64. The lowest BCUT2D eigenvalue weighted by Gasteiger charge is -2.43. The van der Waals surface area contributed by atoms with E-state index in [1.54, 1.807) is 10.8 Å². The molecule has 0 aliphatic heterocycles. The second-order valence-electron chi connectivity index (χ2n) is 11.0. The Hall–Kier alpha value is -3.49. The van der Waals surface area contributed by atoms with Gasteiger partial charge in [0.05, 0.1) is 6.20 Å². The second kappa shape index (κ2) is 9.76. The summed E-state index contributed by atoms with van der Waals surface area (Å²) in [6.07, 6.45) is 4.37. The summed E-state index contributed by atoms with van der Waals surface area (Å²) in [5.74, 6) is 0.257. The molecule has 37 heavy (non-hydrogen) atoms. The molecule has 4 aromatic rings. The van der Waals surface area contributed by atoms with Crippen molar-refractivity contribution in [2.75, 3.05) is 6.61 Å². The van der Waals surface area contributed by atoms with Gasteiger partial charge < -0.3 is 4.43 Å². The summed E-state index contributed by atoms with van der Waals surface area (Å²) in [7, 11) is -0.714. The standard InChI is InChI=1S/C29H34N4O3Si/c1-29(2,3)37(23-11-7-5-8-12-23,24-13-9-6-10-14-24)36-20-22-17-21(27-25(22)18-30-32(27)4)19-33-16-15-26(34)31-28(33)35/h5-16,18,21-22H,17,19-20H2,1-4H3,(H,31,34,35)/t21-,22+/m0/s1. The van der Waals surface area contributed by atoms with Gasteiger partial charge in [-0.25, -0.2) is 4.79 Å². The largest absolute Gasteiger partial charge is 0.407 e. The van der Waals surface area contributed by atoms with Crippen LogP contribution in [0.2, 0.25) is 5.04 Å². The fourth-order valence-corrected chi connectivity index (χ4v) is 10.6. The zero-order chi connectivity index (χ0) is 26.2. The average molecular weight is 515 g/mol. The first-order chi connectivity index (χ1) is 17.7. The van der Waals surface area contributed by atoms with Crippen molar-refractivity contribution in [2.45, 2.75) is 50.6 Å². The Balaban J connectivity index is 1.49. The highest BCUT2D eigenvalue weighted by Gasteiger charge is 2.51. The van der Waals surface area contributed by atoms with Crippen LogP contribution in [0.1, 0.15) is 50.3 Å². The molecule has 0 radical (unpaired) electrons. The summed E-state index contributed by atoms with van der Waals surface area (Å²) in [5, 5.41) is 6.97. The molecule has 0 spiro atoms. The van der Waals surface area contributed by atoms with Gasteiger partial charge in [0.25, 0.3) is 13.9 Å². The van der Waals surface area contributed by atoms with Gasteiger partial charge in [-0.05, 0) is 27.4 Å². The molecule has 1 aliphatic rings. The number of hydrogen-bond acceptors (Lipinski definition) is 4. The van der Waals surface area contributed by atoms with Crippen molar-refractivity contribution in [3.8, 4) is 0 Å². The number of fused-ring (bicyclic) bond motifs is 1. The molecule has 0 saturated carbocycles. The van der Waals surface area contributed by atoms with Crippen LogP contribution in [0.4, 0.5) is 0 Å². The topological polar surface area (TPSA) is 81.9 Å². The summed E-state index contributed by atoms with van der Waals surface area (Å²) in [6.45, 7) is 7.92. The molecule has 2 heterocycles. The molecular formula is C29H34N4O3Si. The molecule has 7 nitrogen and oxygen atoms in total. The molecule has 2 atom stereocenters. The van der Waals surface area contributed by atoms with Crippen molar-refractivity contribution in [2.24, 2.45) is 7.05 Å². The summed E-state index contributed by atoms with van der Waals surface area (Å²) in [6, 6.07) is 22.7. The van der Waals surface area contributed by atoms with E-state index in [0.29, 0.717) is 13.2 Å². The number of hydrogen-bond donors (Lipinski definition) is 1. The van der Waals surface area contributed by atoms with Gasteiger partial charge in [-0.2, -0.15) is 5.10 Å². The van der Waals surface area contributed by atoms with Crippen LogP contribution >= 0.6 is 0 Å². The van der Waals surface area contributed by atoms with Gasteiger partial charge in [0, 0.05) is 50.0 Å². The molecule has 0 unspecified atom stereocenters. The van der Waals surface area contributed by atoms with Crippen LogP contribution in [0.15, 0.2) is 88.7 Å². The Labute approximate surface area is 217 Å². The molecule has 0 amide bonds. The van der Waals surface area contributed by atoms with Gasteiger partial charge in [-0.1, -0.05) is 81.4 Å². The van der Waals surface area contributed by atoms with Crippen LogP contribution < -0.4 is 21.6 Å². The average Bonchev–Trinajstić information content (AvgIpc) is 3.42. The fraction of sp³-hybridized carbons (Fsp3) is 0.345. The number of aryl methyl sites for hydroxylation is 1. The molecule has 1 aliphatic carbocycles. The highest BCUT2D eigenvalue weighted by Crippen LogP contribution is 2.44. The van der Waals surface area contributed by atoms with E-state index in [4.69, 9.17) is 4.43 Å². The van der Waals surface area contributed by atoms with Crippen LogP contribution in [0.3, 0.4) is 0 Å². The Morgan fingerprint density at radius 3 is 2.16 bits per heavy atom. The van der Waals surface area contributed by atoms with Crippen LogP contribution in [0, 0.1) is 0 Å². The predicted octanol–water partition coefficient (Wildman–Crippen LogP) is 3.12. The number of aromatic amines is 1. The number of benzene rings is 2. The highest BCUT2D eigenvalue weighted by molar-refractivity contribution is 6.99. The Kier molecular flexibility index (Phi) is 6.64. The van der Waals surface area contributed by atoms with E-state index in [9.17, 15) is 9.59 Å². The van der Waals surface area contributed by atoms with E-state index < -0.39 is 8.32 Å². The Morgan fingerprint density at radius 1 is 0.973 bits per heavy atom. The molecule has 8 heteroatoms. The van der Waals surface area contributed by atoms with E-state index in [2.05, 4.69) is 91.5 Å². The lowest BCUT2D eigenvalue weighted by atomic mass is 10.0. The summed E-state index contributed by atoms with van der Waals surface area (Å²) in [4.78, 5) is 26.3. The quantitative estimate of drug-likeness (QED) is 0.384. The monoisotopic (exact) mass is 514 g/mol. The minimum Gasteiger partial charge on any atom is -0.407 e. The maximum absolute atomic E-state index is 12.4. The molecule has 2 aromatic heterocycles. The molecule has 1 N–H and O–H groups in total. The van der Waals surface area contributed by atoms with Gasteiger partial charge in [-0.3, -0.25) is 19.0 Å². The predicted molar refractivity (Wildman–Crippen MR) is 148 cm³/mol. The van der Waals surface area contributed by atoms with Crippen LogP contribution in [-0.4, -0.2) is 34.3 Å². The van der Waals surface area contributed by atoms with E-state index in [1.807, 2.05) is 17.9 Å².